The van der Waals surface area contributed by atoms with E-state index in [4.69, 9.17) is 4.74 Å². The third kappa shape index (κ3) is 4.58. The van der Waals surface area contributed by atoms with Gasteiger partial charge in [-0.1, -0.05) is 6.07 Å². The summed E-state index contributed by atoms with van der Waals surface area (Å²) >= 11 is 0. The molecule has 3 rings (SSSR count). The van der Waals surface area contributed by atoms with Crippen LogP contribution in [0.25, 0.3) is 0 Å². The number of hydrogen-bond donors (Lipinski definition) is 2. The van der Waals surface area contributed by atoms with Crippen LogP contribution in [-0.4, -0.2) is 43.1 Å². The number of morpholine rings is 1. The van der Waals surface area contributed by atoms with Gasteiger partial charge >= 0.3 is 0 Å². The van der Waals surface area contributed by atoms with Crippen LogP contribution in [0.15, 0.2) is 42.6 Å². The Balaban J connectivity index is 1.63. The van der Waals surface area contributed by atoms with Gasteiger partial charge in [0.05, 0.1) is 13.2 Å². The first-order valence-electron chi connectivity index (χ1n) is 8.56. The largest absolute Gasteiger partial charge is 0.378 e. The molecule has 1 aliphatic heterocycles. The molecular formula is C19H22N4O3. The molecule has 0 bridgehead atoms. The van der Waals surface area contributed by atoms with E-state index in [-0.39, 0.29) is 11.8 Å². The Morgan fingerprint density at radius 2 is 1.88 bits per heavy atom. The molecule has 0 unspecified atom stereocenters. The van der Waals surface area contributed by atoms with E-state index in [1.165, 1.54) is 6.92 Å². The second-order valence-electron chi connectivity index (χ2n) is 6.03. The molecular weight excluding hydrogens is 332 g/mol. The van der Waals surface area contributed by atoms with Crippen LogP contribution in [0.5, 0.6) is 0 Å². The van der Waals surface area contributed by atoms with Gasteiger partial charge in [-0.25, -0.2) is 4.98 Å². The van der Waals surface area contributed by atoms with Gasteiger partial charge in [0.25, 0.3) is 5.91 Å². The van der Waals surface area contributed by atoms with E-state index >= 15 is 0 Å². The summed E-state index contributed by atoms with van der Waals surface area (Å²) in [4.78, 5) is 30.1. The zero-order valence-electron chi connectivity index (χ0n) is 14.7. The van der Waals surface area contributed by atoms with Crippen molar-refractivity contribution >= 4 is 23.3 Å². The molecule has 1 fully saturated rings. The van der Waals surface area contributed by atoms with Crippen LogP contribution in [0.3, 0.4) is 0 Å². The first-order valence-corrected chi connectivity index (χ1v) is 8.56. The van der Waals surface area contributed by atoms with Crippen molar-refractivity contribution in [1.82, 2.24) is 10.3 Å². The highest BCUT2D eigenvalue weighted by atomic mass is 16.5. The first kappa shape index (κ1) is 17.9. The lowest BCUT2D eigenvalue weighted by molar-refractivity contribution is -0.114. The average Bonchev–Trinajstić information content (AvgIpc) is 2.67. The summed E-state index contributed by atoms with van der Waals surface area (Å²) in [6.07, 6.45) is 1.76. The molecule has 136 valence electrons. The Morgan fingerprint density at radius 1 is 1.15 bits per heavy atom. The molecule has 2 heterocycles. The fraction of sp³-hybridized carbons (Fsp3) is 0.316. The van der Waals surface area contributed by atoms with Crippen LogP contribution in [0.2, 0.25) is 0 Å². The molecule has 7 heteroatoms. The van der Waals surface area contributed by atoms with Gasteiger partial charge < -0.3 is 20.3 Å². The summed E-state index contributed by atoms with van der Waals surface area (Å²) in [7, 11) is 0. The minimum atomic E-state index is -0.170. The van der Waals surface area contributed by atoms with Crippen molar-refractivity contribution in [3.63, 3.8) is 0 Å². The highest BCUT2D eigenvalue weighted by molar-refractivity contribution is 5.95. The van der Waals surface area contributed by atoms with Crippen molar-refractivity contribution in [2.45, 2.75) is 13.5 Å². The van der Waals surface area contributed by atoms with Crippen molar-refractivity contribution in [1.29, 1.82) is 0 Å². The number of nitrogens with one attached hydrogen (secondary N) is 2. The Bertz CT molecular complexity index is 771. The normalized spacial score (nSPS) is 14.0. The summed E-state index contributed by atoms with van der Waals surface area (Å²) in [5.74, 6) is 0.572. The molecule has 2 N–H and O–H groups in total. The molecule has 0 saturated carbocycles. The van der Waals surface area contributed by atoms with Crippen LogP contribution in [0.4, 0.5) is 11.5 Å². The number of carbonyl (C=O) groups excluding carboxylic acids is 2. The number of benzene rings is 1. The monoisotopic (exact) mass is 354 g/mol. The van der Waals surface area contributed by atoms with E-state index in [1.807, 2.05) is 12.1 Å². The Kier molecular flexibility index (Phi) is 5.80. The van der Waals surface area contributed by atoms with Crippen molar-refractivity contribution < 1.29 is 14.3 Å². The third-order valence-electron chi connectivity index (χ3n) is 4.08. The smallest absolute Gasteiger partial charge is 0.251 e. The van der Waals surface area contributed by atoms with Crippen LogP contribution in [-0.2, 0) is 16.1 Å². The second-order valence-corrected chi connectivity index (χ2v) is 6.03. The number of anilines is 2. The zero-order chi connectivity index (χ0) is 18.4. The van der Waals surface area contributed by atoms with Crippen molar-refractivity contribution in [3.05, 3.63) is 53.7 Å². The van der Waals surface area contributed by atoms with E-state index in [0.717, 1.165) is 24.5 Å². The van der Waals surface area contributed by atoms with Crippen molar-refractivity contribution in [2.75, 3.05) is 36.5 Å². The number of amides is 2. The molecule has 1 aromatic carbocycles. The fourth-order valence-electron chi connectivity index (χ4n) is 2.81. The van der Waals surface area contributed by atoms with Crippen molar-refractivity contribution in [2.24, 2.45) is 0 Å². The molecule has 2 aromatic rings. The predicted octanol–water partition coefficient (Wildman–Crippen LogP) is 1.81. The Morgan fingerprint density at radius 3 is 2.58 bits per heavy atom. The standard InChI is InChI=1S/C19H22N4O3/c1-14(24)22-17-6-4-15(5-7-17)19(25)21-13-16-3-2-8-20-18(16)23-9-11-26-12-10-23/h2-8H,9-13H2,1H3,(H,21,25)(H,22,24). The van der Waals surface area contributed by atoms with E-state index in [0.29, 0.717) is 31.0 Å². The van der Waals surface area contributed by atoms with E-state index in [1.54, 1.807) is 30.5 Å². The number of pyridine rings is 1. The number of aromatic nitrogens is 1. The van der Waals surface area contributed by atoms with Crippen LogP contribution in [0, 0.1) is 0 Å². The summed E-state index contributed by atoms with van der Waals surface area (Å²) in [6, 6.07) is 10.6. The fourth-order valence-corrected chi connectivity index (χ4v) is 2.81. The van der Waals surface area contributed by atoms with Crippen LogP contribution in [0.1, 0.15) is 22.8 Å². The molecule has 1 aromatic heterocycles. The molecule has 0 aliphatic carbocycles. The van der Waals surface area contributed by atoms with E-state index in [9.17, 15) is 9.59 Å². The van der Waals surface area contributed by atoms with Gasteiger partial charge in [-0.2, -0.15) is 0 Å². The van der Waals surface area contributed by atoms with Gasteiger partial charge in [0.2, 0.25) is 5.91 Å². The maximum absolute atomic E-state index is 12.4. The molecule has 7 nitrogen and oxygen atoms in total. The first-order chi connectivity index (χ1) is 12.6. The van der Waals surface area contributed by atoms with Gasteiger partial charge in [-0.3, -0.25) is 9.59 Å². The summed E-state index contributed by atoms with van der Waals surface area (Å²) in [5, 5.41) is 5.61. The molecule has 1 saturated heterocycles. The average molecular weight is 354 g/mol. The number of nitrogens with zero attached hydrogens (tertiary/aromatic N) is 2. The topological polar surface area (TPSA) is 83.6 Å². The molecule has 0 radical (unpaired) electrons. The second kappa shape index (κ2) is 8.44. The summed E-state index contributed by atoms with van der Waals surface area (Å²) < 4.78 is 5.39. The Hall–Kier alpha value is -2.93. The summed E-state index contributed by atoms with van der Waals surface area (Å²) in [5.41, 5.74) is 2.17. The number of hydrogen-bond acceptors (Lipinski definition) is 5. The van der Waals surface area contributed by atoms with Gasteiger partial charge in [0.1, 0.15) is 5.82 Å². The lowest BCUT2D eigenvalue weighted by Crippen LogP contribution is -2.37. The summed E-state index contributed by atoms with van der Waals surface area (Å²) in [6.45, 7) is 4.80. The molecule has 2 amide bonds. The third-order valence-corrected chi connectivity index (χ3v) is 4.08. The Labute approximate surface area is 152 Å². The van der Waals surface area contributed by atoms with Crippen molar-refractivity contribution in [3.8, 4) is 0 Å². The lowest BCUT2D eigenvalue weighted by atomic mass is 10.1. The molecule has 26 heavy (non-hydrogen) atoms. The van der Waals surface area contributed by atoms with Gasteiger partial charge in [-0.05, 0) is 30.3 Å². The molecule has 1 aliphatic rings. The predicted molar refractivity (Wildman–Crippen MR) is 99.2 cm³/mol. The van der Waals surface area contributed by atoms with Crippen LogP contribution < -0.4 is 15.5 Å². The maximum Gasteiger partial charge on any atom is 0.251 e. The van der Waals surface area contributed by atoms with E-state index < -0.39 is 0 Å². The quantitative estimate of drug-likeness (QED) is 0.856. The highest BCUT2D eigenvalue weighted by Crippen LogP contribution is 2.18. The molecule has 0 atom stereocenters. The molecule has 0 spiro atoms. The zero-order valence-corrected chi connectivity index (χ0v) is 14.7. The highest BCUT2D eigenvalue weighted by Gasteiger charge is 2.16. The van der Waals surface area contributed by atoms with Crippen LogP contribution >= 0.6 is 0 Å². The minimum absolute atomic E-state index is 0.144. The maximum atomic E-state index is 12.4. The minimum Gasteiger partial charge on any atom is -0.378 e. The van der Waals surface area contributed by atoms with Gasteiger partial charge in [0.15, 0.2) is 0 Å². The number of carbonyl (C=O) groups is 2. The van der Waals surface area contributed by atoms with Gasteiger partial charge in [-0.15, -0.1) is 0 Å². The lowest BCUT2D eigenvalue weighted by Gasteiger charge is -2.29. The van der Waals surface area contributed by atoms with Gasteiger partial charge in [0, 0.05) is 49.6 Å². The number of rotatable bonds is 5. The SMILES string of the molecule is CC(=O)Nc1ccc(C(=O)NCc2cccnc2N2CCOCC2)cc1. The van der Waals surface area contributed by atoms with E-state index in [2.05, 4.69) is 20.5 Å². The number of ether oxygens (including phenoxy) is 1.